The summed E-state index contributed by atoms with van der Waals surface area (Å²) in [5.41, 5.74) is 6.17. The minimum Gasteiger partial charge on any atom is -0.379 e. The van der Waals surface area contributed by atoms with Gasteiger partial charge in [-0.05, 0) is 42.8 Å². The molecule has 0 unspecified atom stereocenters. The summed E-state index contributed by atoms with van der Waals surface area (Å²) < 4.78 is 29.6. The number of hydrogen-bond donors (Lipinski definition) is 1. The van der Waals surface area contributed by atoms with E-state index < -0.39 is 16.0 Å². The van der Waals surface area contributed by atoms with E-state index in [1.54, 1.807) is 30.3 Å². The number of hydrogen-bond acceptors (Lipinski definition) is 5. The average molecular weight is 342 g/mol. The fraction of sp³-hybridized carbons (Fsp3) is 0.0588. The largest absolute Gasteiger partial charge is 0.379 e. The van der Waals surface area contributed by atoms with Crippen molar-refractivity contribution in [1.82, 2.24) is 0 Å². The minimum atomic E-state index is -3.97. The molecule has 24 heavy (non-hydrogen) atoms. The molecule has 0 fully saturated rings. The Bertz CT molecular complexity index is 939. The van der Waals surface area contributed by atoms with Crippen molar-refractivity contribution in [1.29, 1.82) is 5.26 Å². The van der Waals surface area contributed by atoms with Gasteiger partial charge in [0.2, 0.25) is 0 Å². The van der Waals surface area contributed by atoms with Gasteiger partial charge in [0, 0.05) is 0 Å². The molecule has 0 saturated heterocycles. The molecule has 1 amide bonds. The summed E-state index contributed by atoms with van der Waals surface area (Å²) in [7, 11) is -3.97. The topological polar surface area (TPSA) is 110 Å². The maximum atomic E-state index is 12.2. The van der Waals surface area contributed by atoms with Crippen LogP contribution in [-0.4, -0.2) is 14.3 Å². The number of amides is 1. The summed E-state index contributed by atoms with van der Waals surface area (Å²) in [4.78, 5) is 11.1. The van der Waals surface area contributed by atoms with Crippen LogP contribution in [0.5, 0.6) is 5.75 Å². The summed E-state index contributed by atoms with van der Waals surface area (Å²) in [6.07, 6.45) is 1.26. The Morgan fingerprint density at radius 2 is 1.88 bits per heavy atom. The second-order valence-corrected chi connectivity index (χ2v) is 6.50. The van der Waals surface area contributed by atoms with Crippen LogP contribution in [0.1, 0.15) is 11.1 Å². The highest BCUT2D eigenvalue weighted by atomic mass is 32.2. The molecule has 2 rings (SSSR count). The van der Waals surface area contributed by atoms with Gasteiger partial charge in [0.1, 0.15) is 22.3 Å². The van der Waals surface area contributed by atoms with Gasteiger partial charge in [-0.1, -0.05) is 29.8 Å². The van der Waals surface area contributed by atoms with Gasteiger partial charge >= 0.3 is 10.1 Å². The van der Waals surface area contributed by atoms with Crippen molar-refractivity contribution in [2.24, 2.45) is 5.73 Å². The Morgan fingerprint density at radius 3 is 2.46 bits per heavy atom. The van der Waals surface area contributed by atoms with Crippen LogP contribution in [-0.2, 0) is 14.9 Å². The van der Waals surface area contributed by atoms with Crippen LogP contribution in [0, 0.1) is 18.3 Å². The van der Waals surface area contributed by atoms with E-state index in [-0.39, 0.29) is 16.2 Å². The van der Waals surface area contributed by atoms with Crippen molar-refractivity contribution in [2.45, 2.75) is 11.8 Å². The van der Waals surface area contributed by atoms with E-state index in [0.29, 0.717) is 5.56 Å². The first-order chi connectivity index (χ1) is 11.3. The molecular weight excluding hydrogens is 328 g/mol. The number of primary amides is 1. The van der Waals surface area contributed by atoms with Crippen LogP contribution in [0.15, 0.2) is 59.0 Å². The number of carbonyl (C=O) groups is 1. The molecule has 0 spiro atoms. The van der Waals surface area contributed by atoms with Crippen molar-refractivity contribution >= 4 is 22.1 Å². The number of nitriles is 1. The van der Waals surface area contributed by atoms with E-state index in [0.717, 1.165) is 5.56 Å². The lowest BCUT2D eigenvalue weighted by atomic mass is 10.1. The molecule has 0 radical (unpaired) electrons. The predicted molar refractivity (Wildman–Crippen MR) is 88.2 cm³/mol. The van der Waals surface area contributed by atoms with Crippen molar-refractivity contribution in [3.05, 3.63) is 65.2 Å². The van der Waals surface area contributed by atoms with Gasteiger partial charge in [-0.15, -0.1) is 0 Å². The molecule has 0 atom stereocenters. The normalized spacial score (nSPS) is 11.6. The van der Waals surface area contributed by atoms with Gasteiger partial charge in [0.25, 0.3) is 5.91 Å². The highest BCUT2D eigenvalue weighted by Gasteiger charge is 2.16. The molecule has 0 saturated carbocycles. The second-order valence-electron chi connectivity index (χ2n) is 4.96. The molecular formula is C17H14N2O4S. The molecule has 0 aliphatic carbocycles. The van der Waals surface area contributed by atoms with E-state index in [9.17, 15) is 13.2 Å². The molecule has 0 aromatic heterocycles. The van der Waals surface area contributed by atoms with E-state index in [2.05, 4.69) is 0 Å². The molecule has 2 N–H and O–H groups in total. The SMILES string of the molecule is Cc1ccc(S(=O)(=O)Oc2cccc(C=C(C#N)C(N)=O)c2)cc1. The van der Waals surface area contributed by atoms with E-state index >= 15 is 0 Å². The minimum absolute atomic E-state index is 0.0314. The van der Waals surface area contributed by atoms with Crippen LogP contribution in [0.2, 0.25) is 0 Å². The Morgan fingerprint density at radius 1 is 1.21 bits per heavy atom. The van der Waals surface area contributed by atoms with Crippen molar-refractivity contribution in [3.63, 3.8) is 0 Å². The summed E-state index contributed by atoms with van der Waals surface area (Å²) >= 11 is 0. The Hall–Kier alpha value is -3.11. The van der Waals surface area contributed by atoms with Crippen LogP contribution < -0.4 is 9.92 Å². The third kappa shape index (κ3) is 4.21. The zero-order chi connectivity index (χ0) is 17.7. The zero-order valence-electron chi connectivity index (χ0n) is 12.8. The Kier molecular flexibility index (Phi) is 5.02. The van der Waals surface area contributed by atoms with Crippen molar-refractivity contribution in [2.75, 3.05) is 0 Å². The molecule has 122 valence electrons. The monoisotopic (exact) mass is 342 g/mol. The fourth-order valence-electron chi connectivity index (χ4n) is 1.86. The number of nitrogens with zero attached hydrogens (tertiary/aromatic N) is 1. The van der Waals surface area contributed by atoms with Gasteiger partial charge in [-0.3, -0.25) is 4.79 Å². The lowest BCUT2D eigenvalue weighted by Crippen LogP contribution is -2.12. The third-order valence-corrected chi connectivity index (χ3v) is 4.33. The maximum Gasteiger partial charge on any atom is 0.339 e. The summed E-state index contributed by atoms with van der Waals surface area (Å²) in [5.74, 6) is -0.804. The number of carbonyl (C=O) groups excluding carboxylic acids is 1. The predicted octanol–water partition coefficient (Wildman–Crippen LogP) is 2.16. The molecule has 0 aliphatic heterocycles. The average Bonchev–Trinajstić information content (AvgIpc) is 2.52. The first-order valence-corrected chi connectivity index (χ1v) is 8.25. The Balaban J connectivity index is 2.31. The number of rotatable bonds is 5. The van der Waals surface area contributed by atoms with Gasteiger partial charge < -0.3 is 9.92 Å². The highest BCUT2D eigenvalue weighted by Crippen LogP contribution is 2.21. The highest BCUT2D eigenvalue weighted by molar-refractivity contribution is 7.87. The quantitative estimate of drug-likeness (QED) is 0.508. The van der Waals surface area contributed by atoms with Gasteiger partial charge in [0.05, 0.1) is 0 Å². The molecule has 7 heteroatoms. The van der Waals surface area contributed by atoms with E-state index in [4.69, 9.17) is 15.2 Å². The zero-order valence-corrected chi connectivity index (χ0v) is 13.6. The third-order valence-electron chi connectivity index (χ3n) is 3.07. The van der Waals surface area contributed by atoms with Crippen LogP contribution in [0.4, 0.5) is 0 Å². The molecule has 2 aromatic carbocycles. The number of nitrogens with two attached hydrogens (primary N) is 1. The Labute approximate surface area is 139 Å². The van der Waals surface area contributed by atoms with Crippen LogP contribution in [0.3, 0.4) is 0 Å². The first-order valence-electron chi connectivity index (χ1n) is 6.84. The number of aryl methyl sites for hydroxylation is 1. The molecule has 0 heterocycles. The number of benzene rings is 2. The van der Waals surface area contributed by atoms with Gasteiger partial charge in [-0.2, -0.15) is 13.7 Å². The summed E-state index contributed by atoms with van der Waals surface area (Å²) in [6, 6.07) is 13.9. The van der Waals surface area contributed by atoms with E-state index in [1.165, 1.54) is 30.3 Å². The lowest BCUT2D eigenvalue weighted by Gasteiger charge is -2.08. The smallest absolute Gasteiger partial charge is 0.339 e. The maximum absolute atomic E-state index is 12.2. The van der Waals surface area contributed by atoms with E-state index in [1.807, 2.05) is 6.92 Å². The fourth-order valence-corrected chi connectivity index (χ4v) is 2.78. The van der Waals surface area contributed by atoms with Crippen LogP contribution >= 0.6 is 0 Å². The van der Waals surface area contributed by atoms with Gasteiger partial charge in [-0.25, -0.2) is 0 Å². The van der Waals surface area contributed by atoms with Gasteiger partial charge in [0.15, 0.2) is 0 Å². The van der Waals surface area contributed by atoms with Crippen molar-refractivity contribution in [3.8, 4) is 11.8 Å². The second kappa shape index (κ2) is 6.98. The molecule has 2 aromatic rings. The molecule has 0 aliphatic rings. The first kappa shape index (κ1) is 17.2. The van der Waals surface area contributed by atoms with Crippen molar-refractivity contribution < 1.29 is 17.4 Å². The lowest BCUT2D eigenvalue weighted by molar-refractivity contribution is -0.114. The molecule has 0 bridgehead atoms. The summed E-state index contributed by atoms with van der Waals surface area (Å²) in [6.45, 7) is 1.85. The van der Waals surface area contributed by atoms with Crippen LogP contribution in [0.25, 0.3) is 6.08 Å². The molecule has 6 nitrogen and oxygen atoms in total. The summed E-state index contributed by atoms with van der Waals surface area (Å²) in [5, 5.41) is 8.84. The standard InChI is InChI=1S/C17H14N2O4S/c1-12-5-7-16(8-6-12)24(21,22)23-15-4-2-3-13(10-15)9-14(11-18)17(19)20/h2-10H,1H3,(H2,19,20).